The van der Waals surface area contributed by atoms with E-state index in [1.165, 1.54) is 25.3 Å². The fraction of sp³-hybridized carbons (Fsp3) is 0.769. The van der Waals surface area contributed by atoms with Gasteiger partial charge in [0, 0.05) is 12.7 Å². The normalized spacial score (nSPS) is 25.0. The molecule has 0 aliphatic carbocycles. The first-order chi connectivity index (χ1) is 8.22. The Morgan fingerprint density at radius 2 is 2.35 bits per heavy atom. The highest BCUT2D eigenvalue weighted by molar-refractivity contribution is 6.37. The van der Waals surface area contributed by atoms with Crippen molar-refractivity contribution in [2.75, 3.05) is 13.2 Å². The van der Waals surface area contributed by atoms with Crippen molar-refractivity contribution < 1.29 is 14.3 Å². The van der Waals surface area contributed by atoms with Crippen LogP contribution in [-0.2, 0) is 14.3 Å². The lowest BCUT2D eigenvalue weighted by Crippen LogP contribution is -2.41. The van der Waals surface area contributed by atoms with E-state index in [0.717, 1.165) is 25.9 Å². The molecule has 1 aliphatic rings. The number of carbonyl (C=O) groups excluding carboxylic acids is 1. The first-order valence-electron chi connectivity index (χ1n) is 6.65. The number of rotatable bonds is 7. The van der Waals surface area contributed by atoms with Crippen LogP contribution in [0.5, 0.6) is 0 Å². The van der Waals surface area contributed by atoms with E-state index in [1.54, 1.807) is 0 Å². The average molecular weight is 256 g/mol. The molecule has 1 aliphatic heterocycles. The lowest BCUT2D eigenvalue weighted by Gasteiger charge is -2.36. The summed E-state index contributed by atoms with van der Waals surface area (Å²) in [6.07, 6.45) is 8.14. The minimum Gasteiger partial charge on any atom is -0.463 e. The van der Waals surface area contributed by atoms with Crippen LogP contribution in [0.2, 0.25) is 6.55 Å². The lowest BCUT2D eigenvalue weighted by molar-refractivity contribution is -0.137. The number of unbranched alkanes of at least 4 members (excludes halogenated alkanes) is 1. The SMILES string of the molecule is C=CC(=O)OCCCCC1([SiH2]C)CCCCO1. The van der Waals surface area contributed by atoms with E-state index in [9.17, 15) is 4.79 Å². The predicted molar refractivity (Wildman–Crippen MR) is 71.9 cm³/mol. The van der Waals surface area contributed by atoms with Crippen LogP contribution in [0.15, 0.2) is 12.7 Å². The number of carbonyl (C=O) groups is 1. The molecule has 1 rings (SSSR count). The van der Waals surface area contributed by atoms with Crippen molar-refractivity contribution in [1.29, 1.82) is 0 Å². The molecule has 0 N–H and O–H groups in total. The van der Waals surface area contributed by atoms with Crippen LogP contribution in [-0.4, -0.2) is 33.9 Å². The van der Waals surface area contributed by atoms with Gasteiger partial charge in [-0.15, -0.1) is 0 Å². The second-order valence-corrected chi connectivity index (χ2v) is 6.67. The number of hydrogen-bond donors (Lipinski definition) is 0. The molecule has 3 nitrogen and oxygen atoms in total. The third-order valence-electron chi connectivity index (χ3n) is 3.52. The Hall–Kier alpha value is -0.613. The van der Waals surface area contributed by atoms with Gasteiger partial charge in [-0.3, -0.25) is 0 Å². The van der Waals surface area contributed by atoms with Gasteiger partial charge in [0.1, 0.15) is 0 Å². The number of esters is 1. The highest BCUT2D eigenvalue weighted by Gasteiger charge is 2.30. The molecule has 1 unspecified atom stereocenters. The number of ether oxygens (including phenoxy) is 2. The summed E-state index contributed by atoms with van der Waals surface area (Å²) in [5.74, 6) is -0.321. The van der Waals surface area contributed by atoms with E-state index >= 15 is 0 Å². The third kappa shape index (κ3) is 5.04. The molecule has 4 heteroatoms. The maximum atomic E-state index is 10.8. The van der Waals surface area contributed by atoms with Crippen LogP contribution < -0.4 is 0 Å². The highest BCUT2D eigenvalue weighted by Crippen LogP contribution is 2.28. The first kappa shape index (κ1) is 14.4. The molecule has 0 spiro atoms. The summed E-state index contributed by atoms with van der Waals surface area (Å²) in [5.41, 5.74) is 0. The van der Waals surface area contributed by atoms with Gasteiger partial charge in [-0.05, 0) is 38.5 Å². The summed E-state index contributed by atoms with van der Waals surface area (Å²) >= 11 is 0. The summed E-state index contributed by atoms with van der Waals surface area (Å²) in [6, 6.07) is 0. The first-order valence-corrected chi connectivity index (χ1v) is 8.78. The van der Waals surface area contributed by atoms with Crippen LogP contribution in [0.1, 0.15) is 38.5 Å². The van der Waals surface area contributed by atoms with Crippen LogP contribution >= 0.6 is 0 Å². The zero-order chi connectivity index (χ0) is 12.6. The molecule has 0 saturated carbocycles. The Balaban J connectivity index is 2.15. The molecule has 1 saturated heterocycles. The van der Waals surface area contributed by atoms with Crippen molar-refractivity contribution in [3.63, 3.8) is 0 Å². The molecule has 1 fully saturated rings. The molecule has 0 radical (unpaired) electrons. The van der Waals surface area contributed by atoms with Gasteiger partial charge in [0.2, 0.25) is 0 Å². The van der Waals surface area contributed by atoms with Gasteiger partial charge >= 0.3 is 5.97 Å². The standard InChI is InChI=1S/C13H24O3Si/c1-3-12(14)15-10-6-4-8-13(17-2)9-5-7-11-16-13/h3H,1,4-11,17H2,2H3. The monoisotopic (exact) mass is 256 g/mol. The average Bonchev–Trinajstić information content (AvgIpc) is 2.39. The van der Waals surface area contributed by atoms with E-state index in [0.29, 0.717) is 6.61 Å². The van der Waals surface area contributed by atoms with Crippen molar-refractivity contribution in [3.8, 4) is 0 Å². The van der Waals surface area contributed by atoms with Crippen LogP contribution in [0.25, 0.3) is 0 Å². The molecule has 0 aromatic heterocycles. The Bertz CT molecular complexity index is 247. The molecule has 98 valence electrons. The minimum atomic E-state index is -0.321. The Labute approximate surface area is 106 Å². The topological polar surface area (TPSA) is 35.5 Å². The van der Waals surface area contributed by atoms with E-state index < -0.39 is 0 Å². The van der Waals surface area contributed by atoms with E-state index in [1.807, 2.05) is 0 Å². The highest BCUT2D eigenvalue weighted by atomic mass is 28.2. The molecule has 0 bridgehead atoms. The molecule has 1 atom stereocenters. The van der Waals surface area contributed by atoms with Crippen molar-refractivity contribution in [1.82, 2.24) is 0 Å². The summed E-state index contributed by atoms with van der Waals surface area (Å²) in [6.45, 7) is 7.15. The summed E-state index contributed by atoms with van der Waals surface area (Å²) < 4.78 is 11.0. The molecular weight excluding hydrogens is 232 g/mol. The summed E-state index contributed by atoms with van der Waals surface area (Å²) in [4.78, 5) is 10.8. The van der Waals surface area contributed by atoms with E-state index in [2.05, 4.69) is 13.1 Å². The van der Waals surface area contributed by atoms with E-state index in [-0.39, 0.29) is 20.7 Å². The second kappa shape index (κ2) is 7.66. The molecule has 0 amide bonds. The Morgan fingerprint density at radius 1 is 1.53 bits per heavy atom. The van der Waals surface area contributed by atoms with Gasteiger partial charge < -0.3 is 9.47 Å². The zero-order valence-electron chi connectivity index (χ0n) is 10.9. The zero-order valence-corrected chi connectivity index (χ0v) is 12.3. The molecule has 17 heavy (non-hydrogen) atoms. The van der Waals surface area contributed by atoms with Crippen molar-refractivity contribution in [2.45, 2.75) is 50.3 Å². The number of hydrogen-bond acceptors (Lipinski definition) is 3. The Kier molecular flexibility index (Phi) is 6.51. The summed E-state index contributed by atoms with van der Waals surface area (Å²) in [7, 11) is -0.139. The van der Waals surface area contributed by atoms with E-state index in [4.69, 9.17) is 9.47 Å². The van der Waals surface area contributed by atoms with Gasteiger partial charge in [-0.1, -0.05) is 13.1 Å². The maximum absolute atomic E-state index is 10.8. The minimum absolute atomic E-state index is 0.139. The van der Waals surface area contributed by atoms with Gasteiger partial charge in [0.15, 0.2) is 0 Å². The smallest absolute Gasteiger partial charge is 0.330 e. The van der Waals surface area contributed by atoms with Crippen molar-refractivity contribution in [3.05, 3.63) is 12.7 Å². The van der Waals surface area contributed by atoms with Gasteiger partial charge in [-0.2, -0.15) is 0 Å². The third-order valence-corrected chi connectivity index (χ3v) is 5.72. The predicted octanol–water partition coefficient (Wildman–Crippen LogP) is 2.00. The van der Waals surface area contributed by atoms with Gasteiger partial charge in [0.05, 0.1) is 21.4 Å². The molecule has 1 heterocycles. The molecule has 0 aromatic rings. The second-order valence-electron chi connectivity index (χ2n) is 4.67. The van der Waals surface area contributed by atoms with Crippen molar-refractivity contribution in [2.24, 2.45) is 0 Å². The van der Waals surface area contributed by atoms with Gasteiger partial charge in [-0.25, -0.2) is 4.79 Å². The van der Waals surface area contributed by atoms with Crippen LogP contribution in [0.4, 0.5) is 0 Å². The molecule has 0 aromatic carbocycles. The fourth-order valence-electron chi connectivity index (χ4n) is 2.34. The van der Waals surface area contributed by atoms with Crippen LogP contribution in [0.3, 0.4) is 0 Å². The largest absolute Gasteiger partial charge is 0.463 e. The maximum Gasteiger partial charge on any atom is 0.330 e. The lowest BCUT2D eigenvalue weighted by atomic mass is 10.0. The van der Waals surface area contributed by atoms with Gasteiger partial charge in [0.25, 0.3) is 0 Å². The van der Waals surface area contributed by atoms with Crippen molar-refractivity contribution >= 4 is 15.5 Å². The summed E-state index contributed by atoms with van der Waals surface area (Å²) in [5, 5.41) is 0.237. The Morgan fingerprint density at radius 3 is 2.94 bits per heavy atom. The quantitative estimate of drug-likeness (QED) is 0.302. The fourth-order valence-corrected chi connectivity index (χ4v) is 3.90. The van der Waals surface area contributed by atoms with Crippen LogP contribution in [0, 0.1) is 0 Å². The molecular formula is C13H24O3Si.